The van der Waals surface area contributed by atoms with Gasteiger partial charge < -0.3 is 5.32 Å². The molecule has 2 N–H and O–H groups in total. The monoisotopic (exact) mass is 585 g/mol. The zero-order valence-electron chi connectivity index (χ0n) is 21.1. The molecule has 204 valence electrons. The third kappa shape index (κ3) is 5.13. The molecule has 0 aliphatic heterocycles. The first-order valence-corrected chi connectivity index (χ1v) is 14.1. The molecule has 6 aromatic rings. The average Bonchev–Trinajstić information content (AvgIpc) is 3.59. The van der Waals surface area contributed by atoms with E-state index in [-0.39, 0.29) is 21.6 Å². The van der Waals surface area contributed by atoms with Gasteiger partial charge in [0.2, 0.25) is 5.95 Å². The normalized spacial score (nSPS) is 11.5. The van der Waals surface area contributed by atoms with Gasteiger partial charge in [0.25, 0.3) is 15.7 Å². The Morgan fingerprint density at radius 3 is 2.49 bits per heavy atom. The molecule has 0 aliphatic carbocycles. The smallest absolute Gasteiger partial charge is 0.269 e. The van der Waals surface area contributed by atoms with Gasteiger partial charge >= 0.3 is 0 Å². The van der Waals surface area contributed by atoms with Gasteiger partial charge in [-0.2, -0.15) is 5.10 Å². The minimum absolute atomic E-state index is 0.0252. The van der Waals surface area contributed by atoms with Crippen LogP contribution in [0.5, 0.6) is 0 Å². The van der Waals surface area contributed by atoms with E-state index in [4.69, 9.17) is 11.6 Å². The van der Waals surface area contributed by atoms with Crippen LogP contribution in [-0.4, -0.2) is 37.5 Å². The SMILES string of the molecule is O=[N+]([O-])c1ccc(Cc2cc(Nc3ncc(Cl)c(-c4cn(S(=O)(=O)c5ccccc5)c5ccccc45)n3)n[nH]2)cc1. The lowest BCUT2D eigenvalue weighted by Gasteiger charge is -2.07. The van der Waals surface area contributed by atoms with Gasteiger partial charge in [0, 0.05) is 47.5 Å². The van der Waals surface area contributed by atoms with E-state index in [0.717, 1.165) is 11.3 Å². The van der Waals surface area contributed by atoms with Crippen LogP contribution in [0.25, 0.3) is 22.2 Å². The second-order valence-corrected chi connectivity index (χ2v) is 11.3. The summed E-state index contributed by atoms with van der Waals surface area (Å²) in [4.78, 5) is 19.5. The van der Waals surface area contributed by atoms with E-state index in [9.17, 15) is 18.5 Å². The fraction of sp³-hybridized carbons (Fsp3) is 0.0357. The summed E-state index contributed by atoms with van der Waals surface area (Å²) in [6.45, 7) is 0. The number of anilines is 2. The maximum absolute atomic E-state index is 13.5. The highest BCUT2D eigenvalue weighted by molar-refractivity contribution is 7.90. The van der Waals surface area contributed by atoms with Gasteiger partial charge in [-0.1, -0.05) is 60.1 Å². The molecule has 0 spiro atoms. The lowest BCUT2D eigenvalue weighted by atomic mass is 10.1. The summed E-state index contributed by atoms with van der Waals surface area (Å²) in [6.07, 6.45) is 3.44. The number of fused-ring (bicyclic) bond motifs is 1. The first-order valence-electron chi connectivity index (χ1n) is 12.3. The number of non-ortho nitro benzene ring substituents is 1. The van der Waals surface area contributed by atoms with Gasteiger partial charge in [0.05, 0.1) is 32.2 Å². The summed E-state index contributed by atoms with van der Waals surface area (Å²) >= 11 is 6.52. The Balaban J connectivity index is 1.31. The van der Waals surface area contributed by atoms with Crippen LogP contribution in [0.15, 0.2) is 102 Å². The molecule has 11 nitrogen and oxygen atoms in total. The zero-order chi connectivity index (χ0) is 28.6. The van der Waals surface area contributed by atoms with E-state index >= 15 is 0 Å². The van der Waals surface area contributed by atoms with Crippen LogP contribution < -0.4 is 5.32 Å². The Hall–Kier alpha value is -5.07. The third-order valence-electron chi connectivity index (χ3n) is 6.39. The second kappa shape index (κ2) is 10.5. The molecule has 0 bridgehead atoms. The number of nitrogens with one attached hydrogen (secondary N) is 2. The quantitative estimate of drug-likeness (QED) is 0.164. The van der Waals surface area contributed by atoms with E-state index in [1.165, 1.54) is 28.5 Å². The summed E-state index contributed by atoms with van der Waals surface area (Å²) in [5.41, 5.74) is 3.03. The minimum atomic E-state index is -3.89. The summed E-state index contributed by atoms with van der Waals surface area (Å²) in [5.74, 6) is 0.657. The number of rotatable bonds is 8. The number of nitro groups is 1. The van der Waals surface area contributed by atoms with Crippen LogP contribution in [0.1, 0.15) is 11.3 Å². The van der Waals surface area contributed by atoms with Gasteiger partial charge in [-0.15, -0.1) is 0 Å². The summed E-state index contributed by atoms with van der Waals surface area (Å²) in [7, 11) is -3.89. The number of halogens is 1. The fourth-order valence-electron chi connectivity index (χ4n) is 4.45. The molecule has 0 unspecified atom stereocenters. The van der Waals surface area contributed by atoms with Crippen molar-refractivity contribution >= 4 is 50.0 Å². The fourth-order valence-corrected chi connectivity index (χ4v) is 6.03. The Bertz CT molecular complexity index is 2010. The topological polar surface area (TPSA) is 149 Å². The third-order valence-corrected chi connectivity index (χ3v) is 8.35. The number of H-pyrrole nitrogens is 1. The molecule has 0 amide bonds. The van der Waals surface area contributed by atoms with Gasteiger partial charge in [-0.05, 0) is 23.8 Å². The second-order valence-electron chi connectivity index (χ2n) is 9.07. The molecule has 13 heteroatoms. The van der Waals surface area contributed by atoms with Gasteiger partial charge in [-0.3, -0.25) is 15.2 Å². The molecule has 3 aromatic carbocycles. The average molecular weight is 586 g/mol. The van der Waals surface area contributed by atoms with Crippen molar-refractivity contribution in [2.24, 2.45) is 0 Å². The molecular formula is C28H20ClN7O4S. The number of nitro benzene ring substituents is 1. The maximum Gasteiger partial charge on any atom is 0.269 e. The molecule has 0 saturated heterocycles. The van der Waals surface area contributed by atoms with Crippen molar-refractivity contribution in [1.82, 2.24) is 24.1 Å². The molecule has 0 saturated carbocycles. The summed E-state index contributed by atoms with van der Waals surface area (Å²) in [5, 5.41) is 22.0. The van der Waals surface area contributed by atoms with E-state index in [1.54, 1.807) is 60.7 Å². The van der Waals surface area contributed by atoms with Crippen LogP contribution in [0.4, 0.5) is 17.5 Å². The molecule has 0 fully saturated rings. The number of para-hydroxylation sites is 1. The van der Waals surface area contributed by atoms with Crippen molar-refractivity contribution in [3.63, 3.8) is 0 Å². The number of hydrogen-bond acceptors (Lipinski definition) is 8. The first kappa shape index (κ1) is 26.2. The van der Waals surface area contributed by atoms with Crippen molar-refractivity contribution in [2.75, 3.05) is 5.32 Å². The summed E-state index contributed by atoms with van der Waals surface area (Å²) in [6, 6.07) is 23.4. The minimum Gasteiger partial charge on any atom is -0.307 e. The number of aromatic amines is 1. The van der Waals surface area contributed by atoms with Crippen molar-refractivity contribution in [3.05, 3.63) is 124 Å². The number of aromatic nitrogens is 5. The van der Waals surface area contributed by atoms with Crippen molar-refractivity contribution < 1.29 is 13.3 Å². The predicted octanol–water partition coefficient (Wildman–Crippen LogP) is 5.95. The zero-order valence-corrected chi connectivity index (χ0v) is 22.7. The van der Waals surface area contributed by atoms with E-state index in [1.807, 2.05) is 12.1 Å². The lowest BCUT2D eigenvalue weighted by Crippen LogP contribution is -2.11. The predicted molar refractivity (Wildman–Crippen MR) is 155 cm³/mol. The van der Waals surface area contributed by atoms with Crippen molar-refractivity contribution in [2.45, 2.75) is 11.3 Å². The van der Waals surface area contributed by atoms with E-state index in [0.29, 0.717) is 34.4 Å². The Labute approximate surface area is 238 Å². The van der Waals surface area contributed by atoms with Gasteiger partial charge in [0.1, 0.15) is 0 Å². The van der Waals surface area contributed by atoms with Crippen LogP contribution in [0.3, 0.4) is 0 Å². The maximum atomic E-state index is 13.5. The first-order chi connectivity index (χ1) is 19.8. The molecule has 0 atom stereocenters. The van der Waals surface area contributed by atoms with Gasteiger partial charge in [-0.25, -0.2) is 22.4 Å². The molecule has 0 radical (unpaired) electrons. The molecule has 3 heterocycles. The molecule has 3 aromatic heterocycles. The van der Waals surface area contributed by atoms with E-state index in [2.05, 4.69) is 25.5 Å². The standard InChI is InChI=1S/C28H20ClN7O4S/c29-24-16-30-28(31-26-15-19(33-34-26)14-18-10-12-20(13-11-18)36(37)38)32-27(24)23-17-35(25-9-5-4-8-22(23)25)41(39,40)21-6-2-1-3-7-21/h1-13,15-17H,14H2,(H2,30,31,32,33,34). The Morgan fingerprint density at radius 2 is 1.73 bits per heavy atom. The highest BCUT2D eigenvalue weighted by Gasteiger charge is 2.23. The van der Waals surface area contributed by atoms with Crippen LogP contribution >= 0.6 is 11.6 Å². The Kier molecular flexibility index (Phi) is 6.69. The highest BCUT2D eigenvalue weighted by atomic mass is 35.5. The molecule has 6 rings (SSSR count). The highest BCUT2D eigenvalue weighted by Crippen LogP contribution is 2.36. The van der Waals surface area contributed by atoms with Crippen molar-refractivity contribution in [1.29, 1.82) is 0 Å². The Morgan fingerprint density at radius 1 is 1.00 bits per heavy atom. The van der Waals surface area contributed by atoms with Crippen LogP contribution in [-0.2, 0) is 16.4 Å². The molecule has 0 aliphatic rings. The number of hydrogen-bond donors (Lipinski definition) is 2. The van der Waals surface area contributed by atoms with Gasteiger partial charge in [0.15, 0.2) is 5.82 Å². The number of benzene rings is 3. The van der Waals surface area contributed by atoms with E-state index < -0.39 is 14.9 Å². The largest absolute Gasteiger partial charge is 0.307 e. The molecular weight excluding hydrogens is 566 g/mol. The lowest BCUT2D eigenvalue weighted by molar-refractivity contribution is -0.384. The van der Waals surface area contributed by atoms with Crippen LogP contribution in [0.2, 0.25) is 5.02 Å². The van der Waals surface area contributed by atoms with Crippen LogP contribution in [0, 0.1) is 10.1 Å². The number of nitrogens with zero attached hydrogens (tertiary/aromatic N) is 5. The summed E-state index contributed by atoms with van der Waals surface area (Å²) < 4.78 is 28.2. The molecule has 41 heavy (non-hydrogen) atoms. The van der Waals surface area contributed by atoms with Crippen molar-refractivity contribution in [3.8, 4) is 11.3 Å².